The number of nitrogens with one attached hydrogen (secondary N) is 1. The monoisotopic (exact) mass is 207 g/mol. The highest BCUT2D eigenvalue weighted by Gasteiger charge is 2.03. The lowest BCUT2D eigenvalue weighted by atomic mass is 10.2. The molecule has 1 heterocycles. The molecule has 4 heteroatoms. The number of rotatable bonds is 4. The first-order chi connectivity index (χ1) is 7.29. The summed E-state index contributed by atoms with van der Waals surface area (Å²) in [5, 5.41) is 18.8. The molecule has 1 unspecified atom stereocenters. The van der Waals surface area contributed by atoms with Gasteiger partial charge in [0.25, 0.3) is 0 Å². The number of hydrogen-bond acceptors (Lipinski definition) is 3. The SMILES string of the molecule is OCC(O)COc1ccc2cc[nH]c2c1. The Morgan fingerprint density at radius 2 is 2.20 bits per heavy atom. The predicted octanol–water partition coefficient (Wildman–Crippen LogP) is 0.900. The van der Waals surface area contributed by atoms with Gasteiger partial charge >= 0.3 is 0 Å². The minimum atomic E-state index is -0.829. The zero-order valence-electron chi connectivity index (χ0n) is 8.18. The number of hydrogen-bond donors (Lipinski definition) is 3. The Morgan fingerprint density at radius 3 is 3.00 bits per heavy atom. The van der Waals surface area contributed by atoms with Crippen molar-refractivity contribution in [2.45, 2.75) is 6.10 Å². The molecule has 0 spiro atoms. The van der Waals surface area contributed by atoms with Gasteiger partial charge in [0.1, 0.15) is 18.5 Å². The molecule has 15 heavy (non-hydrogen) atoms. The van der Waals surface area contributed by atoms with Crippen LogP contribution in [0.3, 0.4) is 0 Å². The number of benzene rings is 1. The average Bonchev–Trinajstić information content (AvgIpc) is 2.72. The van der Waals surface area contributed by atoms with E-state index < -0.39 is 6.10 Å². The normalized spacial score (nSPS) is 12.9. The predicted molar refractivity (Wildman–Crippen MR) is 56.9 cm³/mol. The van der Waals surface area contributed by atoms with E-state index >= 15 is 0 Å². The molecule has 3 N–H and O–H groups in total. The largest absolute Gasteiger partial charge is 0.491 e. The van der Waals surface area contributed by atoms with Gasteiger partial charge in [-0.1, -0.05) is 0 Å². The second-order valence-electron chi connectivity index (χ2n) is 3.37. The Bertz CT molecular complexity index is 438. The third-order valence-electron chi connectivity index (χ3n) is 2.18. The Hall–Kier alpha value is -1.52. The molecular formula is C11H13NO3. The topological polar surface area (TPSA) is 65.5 Å². The highest BCUT2D eigenvalue weighted by molar-refractivity contribution is 5.80. The summed E-state index contributed by atoms with van der Waals surface area (Å²) >= 11 is 0. The maximum Gasteiger partial charge on any atom is 0.121 e. The first-order valence-corrected chi connectivity index (χ1v) is 4.78. The average molecular weight is 207 g/mol. The summed E-state index contributed by atoms with van der Waals surface area (Å²) in [4.78, 5) is 3.07. The van der Waals surface area contributed by atoms with Gasteiger partial charge in [0.15, 0.2) is 0 Å². The maximum atomic E-state index is 9.11. The number of aliphatic hydroxyl groups is 2. The van der Waals surface area contributed by atoms with E-state index in [1.807, 2.05) is 30.5 Å². The van der Waals surface area contributed by atoms with Crippen LogP contribution in [0.4, 0.5) is 0 Å². The molecule has 0 saturated carbocycles. The van der Waals surface area contributed by atoms with Crippen molar-refractivity contribution in [3.05, 3.63) is 30.5 Å². The van der Waals surface area contributed by atoms with E-state index in [1.165, 1.54) is 0 Å². The molecule has 0 aliphatic carbocycles. The third-order valence-corrected chi connectivity index (χ3v) is 2.18. The Labute approximate surface area is 87.1 Å². The molecule has 0 aliphatic rings. The lowest BCUT2D eigenvalue weighted by molar-refractivity contribution is 0.0536. The third kappa shape index (κ3) is 2.29. The van der Waals surface area contributed by atoms with E-state index in [4.69, 9.17) is 14.9 Å². The zero-order chi connectivity index (χ0) is 10.7. The number of fused-ring (bicyclic) bond motifs is 1. The van der Waals surface area contributed by atoms with Gasteiger partial charge in [0.05, 0.1) is 6.61 Å². The molecular weight excluding hydrogens is 194 g/mol. The fourth-order valence-corrected chi connectivity index (χ4v) is 1.36. The summed E-state index contributed by atoms with van der Waals surface area (Å²) in [6, 6.07) is 7.61. The van der Waals surface area contributed by atoms with Crippen molar-refractivity contribution < 1.29 is 14.9 Å². The van der Waals surface area contributed by atoms with Crippen molar-refractivity contribution in [3.63, 3.8) is 0 Å². The van der Waals surface area contributed by atoms with Gasteiger partial charge in [-0.05, 0) is 23.6 Å². The second kappa shape index (κ2) is 4.33. The molecule has 0 saturated heterocycles. The summed E-state index contributed by atoms with van der Waals surface area (Å²) in [5.74, 6) is 0.678. The molecule has 0 amide bonds. The quantitative estimate of drug-likeness (QED) is 0.697. The van der Waals surface area contributed by atoms with Crippen LogP contribution in [0, 0.1) is 0 Å². The number of aromatic amines is 1. The fraction of sp³-hybridized carbons (Fsp3) is 0.273. The van der Waals surface area contributed by atoms with E-state index in [1.54, 1.807) is 0 Å². The Morgan fingerprint density at radius 1 is 1.33 bits per heavy atom. The molecule has 0 bridgehead atoms. The van der Waals surface area contributed by atoms with Gasteiger partial charge in [-0.15, -0.1) is 0 Å². The standard InChI is InChI=1S/C11H13NO3/c13-6-9(14)7-15-10-2-1-8-3-4-12-11(8)5-10/h1-5,9,12-14H,6-7H2. The van der Waals surface area contributed by atoms with Crippen molar-refractivity contribution in [1.29, 1.82) is 0 Å². The van der Waals surface area contributed by atoms with E-state index in [2.05, 4.69) is 4.98 Å². The van der Waals surface area contributed by atoms with Gasteiger partial charge < -0.3 is 19.9 Å². The maximum absolute atomic E-state index is 9.11. The molecule has 0 fully saturated rings. The van der Waals surface area contributed by atoms with Gasteiger partial charge in [-0.2, -0.15) is 0 Å². The van der Waals surface area contributed by atoms with E-state index in [-0.39, 0.29) is 13.2 Å². The molecule has 0 aliphatic heterocycles. The second-order valence-corrected chi connectivity index (χ2v) is 3.37. The number of H-pyrrole nitrogens is 1. The molecule has 4 nitrogen and oxygen atoms in total. The summed E-state index contributed by atoms with van der Waals surface area (Å²) < 4.78 is 5.31. The van der Waals surface area contributed by atoms with Crippen molar-refractivity contribution in [2.24, 2.45) is 0 Å². The summed E-state index contributed by atoms with van der Waals surface area (Å²) in [5.41, 5.74) is 0.992. The van der Waals surface area contributed by atoms with Crippen LogP contribution in [0.5, 0.6) is 5.75 Å². The number of ether oxygens (including phenoxy) is 1. The van der Waals surface area contributed by atoms with Gasteiger partial charge in [0, 0.05) is 17.8 Å². The Balaban J connectivity index is 2.08. The summed E-state index contributed by atoms with van der Waals surface area (Å²) in [6.45, 7) is -0.187. The summed E-state index contributed by atoms with van der Waals surface area (Å²) in [7, 11) is 0. The van der Waals surface area contributed by atoms with Gasteiger partial charge in [-0.3, -0.25) is 0 Å². The highest BCUT2D eigenvalue weighted by Crippen LogP contribution is 2.19. The van der Waals surface area contributed by atoms with Crippen LogP contribution in [-0.4, -0.2) is 34.5 Å². The van der Waals surface area contributed by atoms with Crippen molar-refractivity contribution in [1.82, 2.24) is 4.98 Å². The van der Waals surface area contributed by atoms with Crippen LogP contribution in [-0.2, 0) is 0 Å². The van der Waals surface area contributed by atoms with Crippen LogP contribution < -0.4 is 4.74 Å². The first-order valence-electron chi connectivity index (χ1n) is 4.78. The molecule has 1 aromatic heterocycles. The first kappa shape index (κ1) is 10.0. The molecule has 0 radical (unpaired) electrons. The fourth-order valence-electron chi connectivity index (χ4n) is 1.36. The molecule has 80 valence electrons. The van der Waals surface area contributed by atoms with Crippen molar-refractivity contribution >= 4 is 10.9 Å². The lowest BCUT2D eigenvalue weighted by Crippen LogP contribution is -2.21. The zero-order valence-corrected chi connectivity index (χ0v) is 8.18. The van der Waals surface area contributed by atoms with Crippen LogP contribution in [0.2, 0.25) is 0 Å². The summed E-state index contributed by atoms with van der Waals surface area (Å²) in [6.07, 6.45) is 1.03. The van der Waals surface area contributed by atoms with E-state index in [0.29, 0.717) is 5.75 Å². The minimum absolute atomic E-state index is 0.0999. The van der Waals surface area contributed by atoms with Crippen LogP contribution in [0.1, 0.15) is 0 Å². The highest BCUT2D eigenvalue weighted by atomic mass is 16.5. The van der Waals surface area contributed by atoms with Crippen LogP contribution in [0.25, 0.3) is 10.9 Å². The molecule has 2 rings (SSSR count). The number of aliphatic hydroxyl groups excluding tert-OH is 2. The molecule has 1 aromatic carbocycles. The van der Waals surface area contributed by atoms with E-state index in [0.717, 1.165) is 10.9 Å². The lowest BCUT2D eigenvalue weighted by Gasteiger charge is -2.09. The van der Waals surface area contributed by atoms with E-state index in [9.17, 15) is 0 Å². The van der Waals surface area contributed by atoms with Gasteiger partial charge in [0.2, 0.25) is 0 Å². The Kier molecular flexibility index (Phi) is 2.89. The molecule has 1 atom stereocenters. The minimum Gasteiger partial charge on any atom is -0.491 e. The van der Waals surface area contributed by atoms with Crippen molar-refractivity contribution in [3.8, 4) is 5.75 Å². The number of aromatic nitrogens is 1. The smallest absolute Gasteiger partial charge is 0.121 e. The van der Waals surface area contributed by atoms with Gasteiger partial charge in [-0.25, -0.2) is 0 Å². The van der Waals surface area contributed by atoms with Crippen LogP contribution >= 0.6 is 0 Å². The molecule has 2 aromatic rings. The van der Waals surface area contributed by atoms with Crippen LogP contribution in [0.15, 0.2) is 30.5 Å². The van der Waals surface area contributed by atoms with Crippen molar-refractivity contribution in [2.75, 3.05) is 13.2 Å².